The van der Waals surface area contributed by atoms with Crippen molar-refractivity contribution in [3.8, 4) is 0 Å². The van der Waals surface area contributed by atoms with Crippen LogP contribution in [0.4, 0.5) is 0 Å². The van der Waals surface area contributed by atoms with Gasteiger partial charge in [0, 0.05) is 9.79 Å². The predicted octanol–water partition coefficient (Wildman–Crippen LogP) is 12.8. The van der Waals surface area contributed by atoms with Crippen molar-refractivity contribution in [2.45, 2.75) is 165 Å². The van der Waals surface area contributed by atoms with Crippen LogP contribution < -0.4 is 0 Å². The minimum Gasteiger partial charge on any atom is -0.0901 e. The largest absolute Gasteiger partial charge is 0.0901 e. The van der Waals surface area contributed by atoms with Gasteiger partial charge in [0.25, 0.3) is 0 Å². The molecule has 0 bridgehead atoms. The van der Waals surface area contributed by atoms with Crippen LogP contribution >= 0.6 is 11.8 Å². The number of aryl methyl sites for hydroxylation is 2. The van der Waals surface area contributed by atoms with Crippen LogP contribution in [-0.4, -0.2) is 0 Å². The SMILES string of the molecule is CCCCCCCCCCCCc1ccc(Sc2ccc(CCCCCCCCCCCC)cc2)cc1. The van der Waals surface area contributed by atoms with Crippen molar-refractivity contribution in [2.24, 2.45) is 0 Å². The monoisotopic (exact) mass is 522 g/mol. The lowest BCUT2D eigenvalue weighted by atomic mass is 10.0. The van der Waals surface area contributed by atoms with Crippen LogP contribution in [0.2, 0.25) is 0 Å². The summed E-state index contributed by atoms with van der Waals surface area (Å²) >= 11 is 1.89. The Labute approximate surface area is 235 Å². The molecule has 2 aromatic carbocycles. The fourth-order valence-corrected chi connectivity index (χ4v) is 6.03. The molecule has 0 saturated heterocycles. The van der Waals surface area contributed by atoms with Gasteiger partial charge in [-0.1, -0.05) is 165 Å². The zero-order valence-corrected chi connectivity index (χ0v) is 25.4. The van der Waals surface area contributed by atoms with Gasteiger partial charge in [-0.2, -0.15) is 0 Å². The first-order valence-corrected chi connectivity index (χ1v) is 17.0. The van der Waals surface area contributed by atoms with Gasteiger partial charge in [0.2, 0.25) is 0 Å². The van der Waals surface area contributed by atoms with Crippen molar-refractivity contribution in [1.82, 2.24) is 0 Å². The van der Waals surface area contributed by atoms with E-state index in [4.69, 9.17) is 0 Å². The van der Waals surface area contributed by atoms with E-state index in [1.165, 1.54) is 162 Å². The number of hydrogen-bond acceptors (Lipinski definition) is 1. The first kappa shape index (κ1) is 32.0. The highest BCUT2D eigenvalue weighted by atomic mass is 32.2. The van der Waals surface area contributed by atoms with E-state index in [9.17, 15) is 0 Å². The predicted molar refractivity (Wildman–Crippen MR) is 168 cm³/mol. The molecule has 208 valence electrons. The summed E-state index contributed by atoms with van der Waals surface area (Å²) in [6, 6.07) is 18.6. The van der Waals surface area contributed by atoms with Gasteiger partial charge in [0.15, 0.2) is 0 Å². The van der Waals surface area contributed by atoms with Crippen LogP contribution in [0.1, 0.15) is 153 Å². The molecule has 1 heteroatoms. The zero-order chi connectivity index (χ0) is 26.2. The molecule has 0 unspecified atom stereocenters. The van der Waals surface area contributed by atoms with E-state index in [0.717, 1.165) is 0 Å². The maximum absolute atomic E-state index is 2.34. The van der Waals surface area contributed by atoms with Crippen molar-refractivity contribution in [3.63, 3.8) is 0 Å². The Hall–Kier alpha value is -1.21. The molecule has 37 heavy (non-hydrogen) atoms. The van der Waals surface area contributed by atoms with Crippen LogP contribution in [0.15, 0.2) is 58.3 Å². The van der Waals surface area contributed by atoms with E-state index in [2.05, 4.69) is 62.4 Å². The molecular formula is C36H58S. The molecule has 0 aliphatic heterocycles. The van der Waals surface area contributed by atoms with E-state index in [1.54, 1.807) is 0 Å². The smallest absolute Gasteiger partial charge is 0.0122 e. The molecule has 0 aliphatic carbocycles. The van der Waals surface area contributed by atoms with Gasteiger partial charge < -0.3 is 0 Å². The molecule has 0 N–H and O–H groups in total. The molecule has 0 spiro atoms. The maximum atomic E-state index is 2.34. The number of benzene rings is 2. The molecule has 0 radical (unpaired) electrons. The van der Waals surface area contributed by atoms with Crippen molar-refractivity contribution >= 4 is 11.8 Å². The second-order valence-corrected chi connectivity index (χ2v) is 12.4. The molecule has 0 amide bonds. The minimum absolute atomic E-state index is 1.23. The van der Waals surface area contributed by atoms with Crippen molar-refractivity contribution in [2.75, 3.05) is 0 Å². The summed E-state index contributed by atoms with van der Waals surface area (Å²) < 4.78 is 0. The summed E-state index contributed by atoms with van der Waals surface area (Å²) in [5, 5.41) is 0. The Morgan fingerprint density at radius 1 is 0.351 bits per heavy atom. The lowest BCUT2D eigenvalue weighted by Crippen LogP contribution is -1.88. The second kappa shape index (κ2) is 22.7. The van der Waals surface area contributed by atoms with Crippen LogP contribution in [0.5, 0.6) is 0 Å². The Balaban J connectivity index is 1.51. The number of hydrogen-bond donors (Lipinski definition) is 0. The van der Waals surface area contributed by atoms with E-state index < -0.39 is 0 Å². The van der Waals surface area contributed by atoms with E-state index in [-0.39, 0.29) is 0 Å². The minimum atomic E-state index is 1.23. The summed E-state index contributed by atoms with van der Waals surface area (Å²) in [4.78, 5) is 2.71. The number of rotatable bonds is 24. The molecule has 0 fully saturated rings. The Morgan fingerprint density at radius 3 is 0.919 bits per heavy atom. The molecule has 0 saturated carbocycles. The fraction of sp³-hybridized carbons (Fsp3) is 0.667. The topological polar surface area (TPSA) is 0 Å². The van der Waals surface area contributed by atoms with Crippen LogP contribution in [0.25, 0.3) is 0 Å². The average molecular weight is 523 g/mol. The summed E-state index contributed by atoms with van der Waals surface area (Å²) in [6.45, 7) is 4.59. The zero-order valence-electron chi connectivity index (χ0n) is 24.6. The molecule has 0 nitrogen and oxygen atoms in total. The van der Waals surface area contributed by atoms with Gasteiger partial charge in [-0.3, -0.25) is 0 Å². The molecule has 0 heterocycles. The summed E-state index contributed by atoms with van der Waals surface area (Å²) in [6.07, 6.45) is 30.7. The highest BCUT2D eigenvalue weighted by molar-refractivity contribution is 7.99. The normalized spacial score (nSPS) is 11.3. The Bertz CT molecular complexity index is 680. The third-order valence-corrected chi connectivity index (χ3v) is 8.74. The van der Waals surface area contributed by atoms with E-state index >= 15 is 0 Å². The summed E-state index contributed by atoms with van der Waals surface area (Å²) in [7, 11) is 0. The molecular weight excluding hydrogens is 464 g/mol. The van der Waals surface area contributed by atoms with Gasteiger partial charge >= 0.3 is 0 Å². The fourth-order valence-electron chi connectivity index (χ4n) is 5.22. The number of unbranched alkanes of at least 4 members (excludes halogenated alkanes) is 18. The van der Waals surface area contributed by atoms with Gasteiger partial charge in [-0.15, -0.1) is 0 Å². The molecule has 0 aliphatic rings. The second-order valence-electron chi connectivity index (χ2n) is 11.3. The molecule has 2 aromatic rings. The van der Waals surface area contributed by atoms with E-state index in [1.807, 2.05) is 11.8 Å². The summed E-state index contributed by atoms with van der Waals surface area (Å²) in [5.74, 6) is 0. The molecule has 0 aromatic heterocycles. The summed E-state index contributed by atoms with van der Waals surface area (Å²) in [5.41, 5.74) is 2.99. The van der Waals surface area contributed by atoms with Gasteiger partial charge in [-0.05, 0) is 61.1 Å². The maximum Gasteiger partial charge on any atom is 0.0122 e. The lowest BCUT2D eigenvalue weighted by Gasteiger charge is -2.07. The molecule has 2 rings (SSSR count). The first-order valence-electron chi connectivity index (χ1n) is 16.2. The lowest BCUT2D eigenvalue weighted by molar-refractivity contribution is 0.556. The van der Waals surface area contributed by atoms with Gasteiger partial charge in [0.1, 0.15) is 0 Å². The third-order valence-electron chi connectivity index (χ3n) is 7.72. The quantitative estimate of drug-likeness (QED) is 0.123. The molecule has 0 atom stereocenters. The van der Waals surface area contributed by atoms with Crippen LogP contribution in [0, 0.1) is 0 Å². The third kappa shape index (κ3) is 17.1. The standard InChI is InChI=1S/C36H58S/c1-3-5-7-9-11-13-15-17-19-21-23-33-25-29-35(30-26-33)37-36-31-27-34(28-32-36)24-22-20-18-16-14-12-10-8-6-4-2/h25-32H,3-24H2,1-2H3. The Morgan fingerprint density at radius 2 is 0.622 bits per heavy atom. The van der Waals surface area contributed by atoms with Crippen molar-refractivity contribution in [1.29, 1.82) is 0 Å². The van der Waals surface area contributed by atoms with Gasteiger partial charge in [-0.25, -0.2) is 0 Å². The van der Waals surface area contributed by atoms with Crippen LogP contribution in [0.3, 0.4) is 0 Å². The highest BCUT2D eigenvalue weighted by Crippen LogP contribution is 2.28. The first-order chi connectivity index (χ1) is 18.3. The van der Waals surface area contributed by atoms with Crippen molar-refractivity contribution in [3.05, 3.63) is 59.7 Å². The highest BCUT2D eigenvalue weighted by Gasteiger charge is 2.01. The van der Waals surface area contributed by atoms with E-state index in [0.29, 0.717) is 0 Å². The average Bonchev–Trinajstić information content (AvgIpc) is 2.92. The Kier molecular flexibility index (Phi) is 19.7. The van der Waals surface area contributed by atoms with Crippen LogP contribution in [-0.2, 0) is 12.8 Å². The van der Waals surface area contributed by atoms with Crippen molar-refractivity contribution < 1.29 is 0 Å². The van der Waals surface area contributed by atoms with Gasteiger partial charge in [0.05, 0.1) is 0 Å².